The summed E-state index contributed by atoms with van der Waals surface area (Å²) >= 11 is 21.5. The summed E-state index contributed by atoms with van der Waals surface area (Å²) in [7, 11) is 0. The van der Waals surface area contributed by atoms with Crippen molar-refractivity contribution in [3.05, 3.63) is 207 Å². The van der Waals surface area contributed by atoms with Gasteiger partial charge in [-0.25, -0.2) is 28.7 Å². The molecule has 400 valence electrons. The van der Waals surface area contributed by atoms with Gasteiger partial charge in [0.2, 0.25) is 0 Å². The van der Waals surface area contributed by atoms with Crippen molar-refractivity contribution in [3.63, 3.8) is 0 Å². The van der Waals surface area contributed by atoms with Crippen LogP contribution >= 0.6 is 58.5 Å². The van der Waals surface area contributed by atoms with Gasteiger partial charge in [0, 0.05) is 39.7 Å². The number of unbranched alkanes of at least 4 members (excludes halogenated alkanes) is 1. The molecule has 0 unspecified atom stereocenters. The molecule has 0 aliphatic rings. The Labute approximate surface area is 473 Å². The number of anilines is 4. The van der Waals surface area contributed by atoms with Crippen LogP contribution in [0.25, 0.3) is 49.3 Å². The maximum Gasteiger partial charge on any atom is 0.185 e. The quantitative estimate of drug-likeness (QED) is 0.0519. The number of carbonyl (C=O) groups excluding carboxylic acids is 1. The van der Waals surface area contributed by atoms with E-state index in [1.807, 2.05) is 72.6 Å². The van der Waals surface area contributed by atoms with E-state index in [1.165, 1.54) is 49.1 Å². The fourth-order valence-corrected chi connectivity index (χ4v) is 9.19. The summed E-state index contributed by atoms with van der Waals surface area (Å²) in [6.45, 7) is 1.18. The number of nitrogens with zero attached hydrogens (tertiary/aromatic N) is 5. The summed E-state index contributed by atoms with van der Waals surface area (Å²) in [4.78, 5) is 31.9. The zero-order chi connectivity index (χ0) is 54.6. The monoisotopic (exact) mass is 1140 g/mol. The lowest BCUT2D eigenvalue weighted by Crippen LogP contribution is -1.99. The molecule has 6 aromatic carbocycles. The Kier molecular flexibility index (Phi) is 21.2. The predicted molar refractivity (Wildman–Crippen MR) is 315 cm³/mol. The molecule has 0 saturated carbocycles. The third-order valence-electron chi connectivity index (χ3n) is 11.6. The van der Waals surface area contributed by atoms with Gasteiger partial charge in [0.15, 0.2) is 12.0 Å². The highest BCUT2D eigenvalue weighted by Crippen LogP contribution is 2.35. The van der Waals surface area contributed by atoms with E-state index in [0.29, 0.717) is 56.5 Å². The highest BCUT2D eigenvalue weighted by atomic mass is 35.5. The van der Waals surface area contributed by atoms with Crippen molar-refractivity contribution < 1.29 is 31.9 Å². The second-order valence-electron chi connectivity index (χ2n) is 17.2. The zero-order valence-corrected chi connectivity index (χ0v) is 46.1. The number of furan rings is 2. The van der Waals surface area contributed by atoms with E-state index < -0.39 is 0 Å². The summed E-state index contributed by atoms with van der Waals surface area (Å²) in [5.41, 5.74) is 6.20. The molecule has 12 nitrogen and oxygen atoms in total. The minimum Gasteiger partial charge on any atom is -0.575 e. The van der Waals surface area contributed by atoms with Crippen LogP contribution in [0.1, 0.15) is 40.3 Å². The molecule has 0 aliphatic heterocycles. The summed E-state index contributed by atoms with van der Waals surface area (Å²) in [6, 6.07) is 42.3. The van der Waals surface area contributed by atoms with Crippen molar-refractivity contribution in [2.75, 3.05) is 41.2 Å². The molecule has 10 aromatic rings. The van der Waals surface area contributed by atoms with Crippen molar-refractivity contribution in [2.45, 2.75) is 32.5 Å². The van der Waals surface area contributed by atoms with Crippen LogP contribution in [-0.4, -0.2) is 56.8 Å². The van der Waals surface area contributed by atoms with E-state index >= 15 is 0 Å². The van der Waals surface area contributed by atoms with Gasteiger partial charge in [-0.05, 0) is 169 Å². The lowest BCUT2D eigenvalue weighted by molar-refractivity contribution is 0.110. The van der Waals surface area contributed by atoms with Crippen LogP contribution < -0.4 is 20.1 Å². The van der Waals surface area contributed by atoms with Gasteiger partial charge in [-0.1, -0.05) is 47.5 Å². The number of halogens is 5. The highest BCUT2D eigenvalue weighted by Gasteiger charge is 2.14. The Morgan fingerprint density at radius 2 is 1.14 bits per heavy atom. The molecular formula is C59H51Cl3F2N7O5S2-. The van der Waals surface area contributed by atoms with Gasteiger partial charge < -0.3 is 33.8 Å². The molecule has 0 spiro atoms. The van der Waals surface area contributed by atoms with E-state index in [9.17, 15) is 13.6 Å². The van der Waals surface area contributed by atoms with Gasteiger partial charge >= 0.3 is 0 Å². The molecule has 4 heterocycles. The average Bonchev–Trinajstić information content (AvgIpc) is 4.19. The molecule has 19 heteroatoms. The number of hydrogen-bond acceptors (Lipinski definition) is 13. The Hall–Kier alpha value is -7.18. The topological polar surface area (TPSA) is 152 Å². The summed E-state index contributed by atoms with van der Waals surface area (Å²) in [5, 5.41) is 9.08. The second-order valence-corrected chi connectivity index (χ2v) is 20.2. The van der Waals surface area contributed by atoms with Crippen molar-refractivity contribution in [3.8, 4) is 34.1 Å². The number of aromatic nitrogens is 4. The normalized spacial score (nSPS) is 10.9. The first-order valence-electron chi connectivity index (χ1n) is 24.4. The van der Waals surface area contributed by atoms with E-state index in [4.69, 9.17) is 53.3 Å². The molecule has 0 atom stereocenters. The zero-order valence-electron chi connectivity index (χ0n) is 42.2. The molecule has 0 amide bonds. The van der Waals surface area contributed by atoms with Crippen LogP contribution in [-0.2, 0) is 19.6 Å². The number of fused-ring (bicyclic) bond motifs is 2. The van der Waals surface area contributed by atoms with Crippen LogP contribution in [0.3, 0.4) is 0 Å². The number of ether oxygens (including phenoxy) is 2. The predicted octanol–water partition coefficient (Wildman–Crippen LogP) is 17.4. The molecule has 78 heavy (non-hydrogen) atoms. The highest BCUT2D eigenvalue weighted by molar-refractivity contribution is 7.98. The minimum atomic E-state index is -0.316. The van der Waals surface area contributed by atoms with Gasteiger partial charge in [0.1, 0.15) is 77.9 Å². The molecule has 0 saturated heterocycles. The first kappa shape index (κ1) is 57.0. The van der Waals surface area contributed by atoms with Crippen LogP contribution in [0.5, 0.6) is 11.5 Å². The Balaban J connectivity index is 0.000000187. The average molecular weight is 1150 g/mol. The maximum absolute atomic E-state index is 13.4. The molecule has 2 N–H and O–H groups in total. The number of aryl methyl sites for hydroxylation is 1. The summed E-state index contributed by atoms with van der Waals surface area (Å²) in [5.74, 6) is 6.47. The maximum atomic E-state index is 13.4. The van der Waals surface area contributed by atoms with Crippen LogP contribution in [0.2, 0.25) is 10.0 Å². The summed E-state index contributed by atoms with van der Waals surface area (Å²) < 4.78 is 50.0. The Morgan fingerprint density at radius 3 is 1.62 bits per heavy atom. The summed E-state index contributed by atoms with van der Waals surface area (Å²) in [6.07, 6.45) is 11.1. The number of benzene rings is 6. The van der Waals surface area contributed by atoms with E-state index in [-0.39, 0.29) is 30.6 Å². The second kappa shape index (κ2) is 29.0. The van der Waals surface area contributed by atoms with Crippen LogP contribution in [0.4, 0.5) is 31.8 Å². The molecule has 10 rings (SSSR count). The largest absolute Gasteiger partial charge is 0.575 e. The molecule has 0 aliphatic carbocycles. The fraction of sp³-hybridized carbons (Fsp3) is 0.169. The Bertz CT molecular complexity index is 3590. The van der Waals surface area contributed by atoms with E-state index in [2.05, 4.69) is 47.7 Å². The number of carbonyl (C=O) groups is 1. The minimum absolute atomic E-state index is 0.197. The van der Waals surface area contributed by atoms with Crippen molar-refractivity contribution >= 4 is 110 Å². The lowest BCUT2D eigenvalue weighted by atomic mass is 10.1. The number of aldehydes is 1. The first-order chi connectivity index (χ1) is 38.1. The Morgan fingerprint density at radius 1 is 0.603 bits per heavy atom. The van der Waals surface area contributed by atoms with Gasteiger partial charge in [0.05, 0.1) is 21.1 Å². The standard InChI is InChI=1S/C30H27ClFN3O2S.C26H17ClFN3O3.C3H7ClNS/c1-38-14-3-2-7-24-10-13-28(37-24)21-8-11-27-25(16-21)30(34-19-33-27)35-23-9-12-29(26(31)17-23)36-18-20-5-4-6-22(32)15-20;27-22-12-19(5-8-25(22)33-14-16-2-1-3-18(28)10-16)31-26-21-11-17(4-7-23(21)29-15-30-26)24-9-6-20(13-32)34-24;1-6-3-2-5-4/h4-6,8-13,15-17,19H,2-3,7,14,18H2,1H3,(H,33,34,35);1-13,15H,14H2,(H,29,30,31);2-3H2,1H3/q;;-1. The number of thioether (sulfide) groups is 2. The van der Waals surface area contributed by atoms with Crippen LogP contribution in [0, 0.1) is 11.6 Å². The lowest BCUT2D eigenvalue weighted by Gasteiger charge is -2.12. The number of nitrogens with one attached hydrogen (secondary N) is 2. The van der Waals surface area contributed by atoms with Gasteiger partial charge in [-0.3, -0.25) is 16.6 Å². The third kappa shape index (κ3) is 16.2. The van der Waals surface area contributed by atoms with E-state index in [0.717, 1.165) is 80.8 Å². The molecular weight excluding hydrogens is 1100 g/mol. The van der Waals surface area contributed by atoms with Gasteiger partial charge in [-0.15, -0.1) is 6.54 Å². The molecule has 0 radical (unpaired) electrons. The van der Waals surface area contributed by atoms with Crippen molar-refractivity contribution in [1.29, 1.82) is 0 Å². The molecule has 0 fully saturated rings. The first-order valence-corrected chi connectivity index (χ1v) is 28.2. The SMILES string of the molecule is CSCCCCc1ccc(-c2ccc3ncnc(Nc4ccc(OCc5cccc(F)c5)c(Cl)c4)c3c2)o1.CSCC[N-]Cl.O=Cc1ccc(-c2ccc3ncnc(Nc4ccc(OCc5cccc(F)c5)c(Cl)c4)c3c2)o1. The van der Waals surface area contributed by atoms with Crippen LogP contribution in [0.15, 0.2) is 167 Å². The van der Waals surface area contributed by atoms with Crippen molar-refractivity contribution in [1.82, 2.24) is 19.9 Å². The molecule has 0 bridgehead atoms. The fourth-order valence-electron chi connectivity index (χ4n) is 7.77. The smallest absolute Gasteiger partial charge is 0.185 e. The van der Waals surface area contributed by atoms with Crippen molar-refractivity contribution in [2.24, 2.45) is 0 Å². The number of hydrogen-bond donors (Lipinski definition) is 2. The van der Waals surface area contributed by atoms with Gasteiger partial charge in [-0.2, -0.15) is 23.5 Å². The molecule has 4 aromatic heterocycles. The number of rotatable bonds is 21. The third-order valence-corrected chi connectivity index (χ3v) is 13.6. The van der Waals surface area contributed by atoms with Gasteiger partial charge in [0.25, 0.3) is 0 Å². The van der Waals surface area contributed by atoms with E-state index in [1.54, 1.807) is 72.4 Å².